The Morgan fingerprint density at radius 1 is 1.22 bits per heavy atom. The lowest BCUT2D eigenvalue weighted by molar-refractivity contribution is 0.0945. The molecule has 0 saturated carbocycles. The van der Waals surface area contributed by atoms with Crippen LogP contribution in [0.4, 0.5) is 5.69 Å². The van der Waals surface area contributed by atoms with E-state index in [2.05, 4.69) is 32.4 Å². The number of methoxy groups -OCH3 is 1. The minimum atomic E-state index is -0.376. The van der Waals surface area contributed by atoms with Gasteiger partial charge < -0.3 is 15.8 Å². The third-order valence-electron chi connectivity index (χ3n) is 3.65. The second-order valence-corrected chi connectivity index (χ2v) is 6.63. The quantitative estimate of drug-likeness (QED) is 0.607. The number of rotatable bonds is 7. The van der Waals surface area contributed by atoms with Crippen molar-refractivity contribution in [2.45, 2.75) is 17.2 Å². The molecule has 0 unspecified atom stereocenters. The van der Waals surface area contributed by atoms with Crippen molar-refractivity contribution in [2.75, 3.05) is 12.8 Å². The average molecular weight is 381 g/mol. The first-order chi connectivity index (χ1) is 13.2. The van der Waals surface area contributed by atoms with Gasteiger partial charge in [-0.3, -0.25) is 4.79 Å². The Balaban J connectivity index is 1.60. The number of amides is 1. The number of nitrogens with two attached hydrogens (primary N) is 1. The Bertz CT molecular complexity index is 921. The van der Waals surface area contributed by atoms with E-state index in [1.54, 1.807) is 36.3 Å². The van der Waals surface area contributed by atoms with Crippen molar-refractivity contribution in [2.24, 2.45) is 0 Å². The number of carbonyl (C=O) groups is 1. The van der Waals surface area contributed by atoms with Crippen LogP contribution in [-0.2, 0) is 12.3 Å². The third-order valence-corrected chi connectivity index (χ3v) is 4.69. The van der Waals surface area contributed by atoms with Crippen LogP contribution in [0.25, 0.3) is 0 Å². The summed E-state index contributed by atoms with van der Waals surface area (Å²) in [4.78, 5) is 25.7. The Kier molecular flexibility index (Phi) is 6.22. The van der Waals surface area contributed by atoms with E-state index < -0.39 is 0 Å². The van der Waals surface area contributed by atoms with Gasteiger partial charge >= 0.3 is 0 Å². The van der Waals surface area contributed by atoms with E-state index >= 15 is 0 Å². The fraction of sp³-hybridized carbons (Fsp3) is 0.158. The van der Waals surface area contributed by atoms with E-state index in [1.807, 2.05) is 18.2 Å². The molecule has 0 aliphatic heterocycles. The highest BCUT2D eigenvalue weighted by Gasteiger charge is 2.13. The van der Waals surface area contributed by atoms with E-state index in [4.69, 9.17) is 10.5 Å². The van der Waals surface area contributed by atoms with Gasteiger partial charge in [0.25, 0.3) is 5.91 Å². The molecule has 7 nitrogen and oxygen atoms in total. The minimum Gasteiger partial charge on any atom is -0.481 e. The number of thioether (sulfide) groups is 1. The van der Waals surface area contributed by atoms with E-state index in [0.717, 1.165) is 10.6 Å². The molecule has 3 aromatic rings. The first-order valence-electron chi connectivity index (χ1n) is 8.22. The second kappa shape index (κ2) is 9.00. The van der Waals surface area contributed by atoms with Crippen LogP contribution in [0.5, 0.6) is 5.88 Å². The maximum Gasteiger partial charge on any atom is 0.272 e. The largest absolute Gasteiger partial charge is 0.481 e. The van der Waals surface area contributed by atoms with Gasteiger partial charge in [0, 0.05) is 29.1 Å². The van der Waals surface area contributed by atoms with Gasteiger partial charge in [-0.2, -0.15) is 4.98 Å². The highest BCUT2D eigenvalue weighted by molar-refractivity contribution is 7.98. The predicted molar refractivity (Wildman–Crippen MR) is 104 cm³/mol. The molecule has 2 aromatic heterocycles. The van der Waals surface area contributed by atoms with Crippen molar-refractivity contribution in [1.82, 2.24) is 20.3 Å². The molecule has 2 heterocycles. The number of nitrogen functional groups attached to an aromatic ring is 1. The van der Waals surface area contributed by atoms with Crippen LogP contribution < -0.4 is 15.8 Å². The molecule has 8 heteroatoms. The van der Waals surface area contributed by atoms with Crippen molar-refractivity contribution < 1.29 is 9.53 Å². The van der Waals surface area contributed by atoms with Crippen LogP contribution in [0.2, 0.25) is 0 Å². The highest BCUT2D eigenvalue weighted by atomic mass is 32.2. The molecular weight excluding hydrogens is 362 g/mol. The van der Waals surface area contributed by atoms with E-state index in [1.165, 1.54) is 12.7 Å². The number of pyridine rings is 1. The van der Waals surface area contributed by atoms with Crippen molar-refractivity contribution in [1.29, 1.82) is 0 Å². The van der Waals surface area contributed by atoms with Crippen LogP contribution in [-0.4, -0.2) is 28.0 Å². The molecule has 0 fully saturated rings. The number of benzene rings is 1. The van der Waals surface area contributed by atoms with Gasteiger partial charge in [0.2, 0.25) is 5.88 Å². The lowest BCUT2D eigenvalue weighted by atomic mass is 10.2. The second-order valence-electron chi connectivity index (χ2n) is 5.58. The molecule has 3 rings (SSSR count). The van der Waals surface area contributed by atoms with Gasteiger partial charge in [0.1, 0.15) is 0 Å². The van der Waals surface area contributed by atoms with Crippen LogP contribution in [0.3, 0.4) is 0 Å². The monoisotopic (exact) mass is 381 g/mol. The number of anilines is 1. The maximum absolute atomic E-state index is 12.3. The number of carbonyl (C=O) groups excluding carboxylic acids is 1. The SMILES string of the molecule is COc1ccnc(CNC(=O)c2ncc(SCc3ccccc3)cc2N)n1. The normalized spacial score (nSPS) is 10.4. The topological polar surface area (TPSA) is 103 Å². The first-order valence-corrected chi connectivity index (χ1v) is 9.20. The zero-order valence-electron chi connectivity index (χ0n) is 14.8. The van der Waals surface area contributed by atoms with Crippen molar-refractivity contribution >= 4 is 23.4 Å². The molecule has 0 atom stereocenters. The fourth-order valence-electron chi connectivity index (χ4n) is 2.29. The summed E-state index contributed by atoms with van der Waals surface area (Å²) in [7, 11) is 1.52. The Labute approximate surface area is 161 Å². The van der Waals surface area contributed by atoms with Gasteiger partial charge in [0.05, 0.1) is 19.3 Å². The number of ether oxygens (including phenoxy) is 1. The van der Waals surface area contributed by atoms with Gasteiger partial charge in [-0.15, -0.1) is 11.8 Å². The molecule has 0 aliphatic carbocycles. The Morgan fingerprint density at radius 3 is 2.78 bits per heavy atom. The minimum absolute atomic E-state index is 0.154. The van der Waals surface area contributed by atoms with Crippen LogP contribution in [0.1, 0.15) is 21.9 Å². The van der Waals surface area contributed by atoms with E-state index in [0.29, 0.717) is 17.4 Å². The van der Waals surface area contributed by atoms with Crippen LogP contribution in [0.15, 0.2) is 59.8 Å². The molecule has 1 aromatic carbocycles. The lowest BCUT2D eigenvalue weighted by Gasteiger charge is -2.08. The summed E-state index contributed by atoms with van der Waals surface area (Å²) in [6.45, 7) is 0.154. The number of aromatic nitrogens is 3. The lowest BCUT2D eigenvalue weighted by Crippen LogP contribution is -2.25. The molecule has 0 bridgehead atoms. The number of hydrogen-bond acceptors (Lipinski definition) is 7. The predicted octanol–water partition coefficient (Wildman–Crippen LogP) is 2.68. The maximum atomic E-state index is 12.3. The van der Waals surface area contributed by atoms with Crippen LogP contribution >= 0.6 is 11.8 Å². The number of nitrogens with one attached hydrogen (secondary N) is 1. The number of hydrogen-bond donors (Lipinski definition) is 2. The molecule has 0 aliphatic rings. The van der Waals surface area contributed by atoms with E-state index in [9.17, 15) is 4.79 Å². The van der Waals surface area contributed by atoms with Crippen molar-refractivity contribution in [3.63, 3.8) is 0 Å². The van der Waals surface area contributed by atoms with Gasteiger partial charge in [0.15, 0.2) is 11.5 Å². The average Bonchev–Trinajstić information content (AvgIpc) is 2.71. The summed E-state index contributed by atoms with van der Waals surface area (Å²) >= 11 is 1.61. The van der Waals surface area contributed by atoms with Gasteiger partial charge in [-0.25, -0.2) is 9.97 Å². The molecule has 0 radical (unpaired) electrons. The summed E-state index contributed by atoms with van der Waals surface area (Å²) in [5, 5.41) is 2.72. The van der Waals surface area contributed by atoms with Crippen molar-refractivity contribution in [3.8, 4) is 5.88 Å². The molecule has 0 saturated heterocycles. The zero-order valence-corrected chi connectivity index (χ0v) is 15.6. The highest BCUT2D eigenvalue weighted by Crippen LogP contribution is 2.24. The summed E-state index contributed by atoms with van der Waals surface area (Å²) in [5.74, 6) is 1.31. The molecular formula is C19H19N5O2S. The zero-order chi connectivity index (χ0) is 19.1. The molecule has 138 valence electrons. The fourth-order valence-corrected chi connectivity index (χ4v) is 3.16. The summed E-state index contributed by atoms with van der Waals surface area (Å²) in [6.07, 6.45) is 3.22. The van der Waals surface area contributed by atoms with E-state index in [-0.39, 0.29) is 18.1 Å². The summed E-state index contributed by atoms with van der Waals surface area (Å²) < 4.78 is 5.04. The summed E-state index contributed by atoms with van der Waals surface area (Å²) in [5.41, 5.74) is 7.74. The van der Waals surface area contributed by atoms with Crippen LogP contribution in [0, 0.1) is 0 Å². The summed E-state index contributed by atoms with van der Waals surface area (Å²) in [6, 6.07) is 13.5. The van der Waals surface area contributed by atoms with Gasteiger partial charge in [-0.1, -0.05) is 30.3 Å². The molecule has 27 heavy (non-hydrogen) atoms. The Hall–Kier alpha value is -3.13. The molecule has 3 N–H and O–H groups in total. The number of nitrogens with zero attached hydrogens (tertiary/aromatic N) is 3. The molecule has 0 spiro atoms. The smallest absolute Gasteiger partial charge is 0.272 e. The van der Waals surface area contributed by atoms with Crippen molar-refractivity contribution in [3.05, 3.63) is 71.9 Å². The van der Waals surface area contributed by atoms with Gasteiger partial charge in [-0.05, 0) is 11.6 Å². The standard InChI is InChI=1S/C19H19N5O2S/c1-26-17-7-8-21-16(24-17)11-23-19(25)18-15(20)9-14(10-22-18)27-12-13-5-3-2-4-6-13/h2-10H,11-12,20H2,1H3,(H,23,25). The molecule has 1 amide bonds. The third kappa shape index (κ3) is 5.18. The Morgan fingerprint density at radius 2 is 2.04 bits per heavy atom. The first kappa shape index (κ1) is 18.7.